The van der Waals surface area contributed by atoms with Crippen molar-refractivity contribution in [3.63, 3.8) is 0 Å². The first-order valence-corrected chi connectivity index (χ1v) is 52.2. The summed E-state index contributed by atoms with van der Waals surface area (Å²) in [6, 6.07) is 18.8. The molecule has 0 unspecified atom stereocenters. The first kappa shape index (κ1) is 122. The molecule has 8 saturated carbocycles. The Kier molecular flexibility index (Phi) is 47.5. The minimum absolute atomic E-state index is 0.0139. The summed E-state index contributed by atoms with van der Waals surface area (Å²) >= 11 is 0. The van der Waals surface area contributed by atoms with Crippen LogP contribution in [-0.2, 0) is 27.4 Å². The maximum Gasteiger partial charge on any atom is 0.407 e. The van der Waals surface area contributed by atoms with Crippen LogP contribution in [0.1, 0.15) is 380 Å². The second-order valence-electron chi connectivity index (χ2n) is 54.1. The maximum absolute atomic E-state index is 12.3. The third-order valence-corrected chi connectivity index (χ3v) is 26.1. The highest BCUT2D eigenvalue weighted by Crippen LogP contribution is 2.45. The molecule has 9 aliphatic rings. The van der Waals surface area contributed by atoms with Gasteiger partial charge in [-0.3, -0.25) is 4.79 Å². The van der Waals surface area contributed by atoms with E-state index in [0.29, 0.717) is 105 Å². The fourth-order valence-corrected chi connectivity index (χ4v) is 20.5. The van der Waals surface area contributed by atoms with Crippen LogP contribution in [0.2, 0.25) is 0 Å². The van der Waals surface area contributed by atoms with Crippen molar-refractivity contribution < 1.29 is 57.3 Å². The molecule has 0 aromatic heterocycles. The van der Waals surface area contributed by atoms with Crippen LogP contribution in [0.15, 0.2) is 48.5 Å². The predicted octanol–water partition coefficient (Wildman–Crippen LogP) is 24.7. The molecule has 9 fully saturated rings. The number of benzene rings is 2. The van der Waals surface area contributed by atoms with Crippen LogP contribution < -0.4 is 57.3 Å². The predicted molar refractivity (Wildman–Crippen MR) is 563 cm³/mol. The number of hydrogen-bond acceptors (Lipinski definition) is 12. The number of nitrogens with one attached hydrogen (secondary N) is 9. The highest BCUT2D eigenvalue weighted by Gasteiger charge is 2.43. The molecule has 788 valence electrons. The molecule has 9 N–H and O–H groups in total. The molecule has 0 bridgehead atoms. The van der Waals surface area contributed by atoms with Crippen molar-refractivity contribution >= 4 is 48.2 Å². The first-order valence-electron chi connectivity index (χ1n) is 52.2. The Morgan fingerprint density at radius 1 is 0.350 bits per heavy atom. The summed E-state index contributed by atoms with van der Waals surface area (Å²) in [5.41, 5.74) is 4.60. The molecule has 137 heavy (non-hydrogen) atoms. The van der Waals surface area contributed by atoms with E-state index in [1.807, 2.05) is 109 Å². The number of alkyl carbamates (subject to hydrolysis) is 2. The molecule has 2 aromatic rings. The molecule has 2 aromatic carbocycles. The lowest BCUT2D eigenvalue weighted by Crippen LogP contribution is -2.49. The van der Waals surface area contributed by atoms with Crippen molar-refractivity contribution in [2.75, 3.05) is 62.5 Å². The van der Waals surface area contributed by atoms with E-state index < -0.39 is 11.2 Å². The van der Waals surface area contributed by atoms with E-state index in [2.05, 4.69) is 219 Å². The molecule has 8 aliphatic carbocycles. The number of urea groups is 5. The van der Waals surface area contributed by atoms with Crippen LogP contribution in [0.3, 0.4) is 0 Å². The molecule has 1 heterocycles. The lowest BCUT2D eigenvalue weighted by molar-refractivity contribution is -0.120. The van der Waals surface area contributed by atoms with E-state index >= 15 is 0 Å². The van der Waals surface area contributed by atoms with E-state index in [0.717, 1.165) is 160 Å². The van der Waals surface area contributed by atoms with E-state index in [1.165, 1.54) is 77.0 Å². The van der Waals surface area contributed by atoms with Gasteiger partial charge in [-0.2, -0.15) is 0 Å². The lowest BCUT2D eigenvalue weighted by atomic mass is 9.71. The fraction of sp³-hybridized carbons (Fsp3) is 0.821. The Balaban J connectivity index is 0.000000329. The number of rotatable bonds is 22. The Bertz CT molecular complexity index is 3850. The fourth-order valence-electron chi connectivity index (χ4n) is 20.5. The summed E-state index contributed by atoms with van der Waals surface area (Å²) in [5, 5.41) is 26.4. The van der Waals surface area contributed by atoms with Gasteiger partial charge in [0, 0.05) is 117 Å². The number of carbonyl (C=O) groups excluding carboxylic acids is 8. The van der Waals surface area contributed by atoms with Crippen molar-refractivity contribution in [3.8, 4) is 11.5 Å². The highest BCUT2D eigenvalue weighted by molar-refractivity contribution is 5.77. The molecule has 1 saturated heterocycles. The summed E-state index contributed by atoms with van der Waals surface area (Å²) in [7, 11) is 12.2. The Labute approximate surface area is 834 Å². The van der Waals surface area contributed by atoms with Gasteiger partial charge in [0.25, 0.3) is 0 Å². The smallest absolute Gasteiger partial charge is 0.407 e. The Morgan fingerprint density at radius 2 is 0.613 bits per heavy atom. The minimum atomic E-state index is -0.404. The number of amides is 13. The SMILES string of the molecule is CC(=O)NC1CC(CC(C)(C)C)C1.CC(C)(C)CC1CC(NC(=O)OC(C)(C)C)C1.CC(C)(C)CC1CC(NC(=O)OC(C)(C)C)C1.CN(C)C(=O)NC1CC(CC(C)(C)C)C1.CN1CCN(C2CC(CC(C)(C)C)C2)C1=O.CNC(=O)NC1CC(CC(C)(C)C)C1.COc1ccc(CN(C)C(=O)NC2CC(CC(C)(C)C)C2)cc1.COc1ccc(CNC(=O)NC2CC(CC(C)(C)C)C2)cc1. The molecule has 25 nitrogen and oxygen atoms in total. The molecule has 1 aliphatic heterocycles. The van der Waals surface area contributed by atoms with Crippen molar-refractivity contribution in [2.24, 2.45) is 90.7 Å². The van der Waals surface area contributed by atoms with Crippen LogP contribution in [0.4, 0.5) is 33.6 Å². The van der Waals surface area contributed by atoms with Crippen molar-refractivity contribution in [2.45, 2.75) is 441 Å². The van der Waals surface area contributed by atoms with E-state index in [1.54, 1.807) is 52.1 Å². The Hall–Kier alpha value is -7.60. The van der Waals surface area contributed by atoms with Gasteiger partial charge in [-0.1, -0.05) is 190 Å². The Morgan fingerprint density at radius 3 is 0.869 bits per heavy atom. The summed E-state index contributed by atoms with van der Waals surface area (Å²) in [4.78, 5) is 99.3. The number of hydrogen-bond donors (Lipinski definition) is 9. The number of methoxy groups -OCH3 is 2. The van der Waals surface area contributed by atoms with Gasteiger partial charge in [-0.05, 0) is 322 Å². The van der Waals surface area contributed by atoms with Gasteiger partial charge in [-0.15, -0.1) is 0 Å². The topological polar surface area (TPSA) is 295 Å². The summed E-state index contributed by atoms with van der Waals surface area (Å²) in [6.45, 7) is 70.5. The van der Waals surface area contributed by atoms with Gasteiger partial charge >= 0.3 is 42.3 Å². The van der Waals surface area contributed by atoms with E-state index in [-0.39, 0.29) is 48.2 Å². The van der Waals surface area contributed by atoms with Crippen molar-refractivity contribution in [3.05, 3.63) is 59.7 Å². The van der Waals surface area contributed by atoms with Gasteiger partial charge < -0.3 is 86.4 Å². The van der Waals surface area contributed by atoms with Gasteiger partial charge in [-0.25, -0.2) is 33.6 Å². The normalized spacial score (nSPS) is 24.8. The lowest BCUT2D eigenvalue weighted by Gasteiger charge is -2.43. The second kappa shape index (κ2) is 53.5. The van der Waals surface area contributed by atoms with Crippen LogP contribution in [-0.4, -0.2) is 190 Å². The highest BCUT2D eigenvalue weighted by atomic mass is 16.6. The zero-order chi connectivity index (χ0) is 104. The second-order valence-corrected chi connectivity index (χ2v) is 54.1. The number of likely N-dealkylation sites (N-methyl/N-ethyl adjacent to an activating group) is 1. The van der Waals surface area contributed by atoms with E-state index in [4.69, 9.17) is 18.9 Å². The molecule has 13 amide bonds. The maximum atomic E-state index is 12.3. The average molecular weight is 1920 g/mol. The summed E-state index contributed by atoms with van der Waals surface area (Å²) < 4.78 is 20.7. The summed E-state index contributed by atoms with van der Waals surface area (Å²) in [6.07, 6.45) is 27.7. The van der Waals surface area contributed by atoms with Crippen LogP contribution in [0.25, 0.3) is 0 Å². The van der Waals surface area contributed by atoms with Gasteiger partial charge in [0.1, 0.15) is 22.7 Å². The molecule has 0 radical (unpaired) electrons. The van der Waals surface area contributed by atoms with Crippen LogP contribution in [0.5, 0.6) is 11.5 Å². The standard InChI is InChI=1S/C19H30N2O2.C18H28N2O2.2C14H27NO2.C13H24N2O.C12H24N2O.C11H22N2O.C11H21NO/c1-19(2,3)12-15-10-16(11-15)20-18(22)21(4)13-14-6-8-17(23-5)9-7-14;1-18(2,3)11-14-9-15(10-14)20-17(21)19-12-13-5-7-16(22-4)8-6-13;2*1-13(2,3)9-10-7-11(8-10)15-12(16)17-14(4,5)6;1-13(2,3)9-10-7-11(8-10)15-6-5-14(4)12(15)16;1-12(2,3)8-9-6-10(7-9)13-11(15)14(4)5;1-11(2,3)7-8-5-9(6-8)13-10(14)12-4;1-8(13)12-10-5-9(6-10)7-11(2,3)4/h6-9,15-16H,10-13H2,1-5H3,(H,20,22);5-8,14-15H,9-12H2,1-4H3,(H2,19,20,21);2*10-11H,7-9H2,1-6H3,(H,15,16);10-11H,5-9H2,1-4H3;9-10H,6-8H2,1-5H3,(H,13,15);8-9H,5-7H2,1-4H3,(H2,12,13,14);9-10H,5-7H2,1-4H3,(H,12,13). The zero-order valence-corrected chi connectivity index (χ0v) is 93.8. The third kappa shape index (κ3) is 54.3. The van der Waals surface area contributed by atoms with Crippen LogP contribution >= 0.6 is 0 Å². The van der Waals surface area contributed by atoms with Crippen molar-refractivity contribution in [1.29, 1.82) is 0 Å². The largest absolute Gasteiger partial charge is 0.497 e. The quantitative estimate of drug-likeness (QED) is 0.0532. The summed E-state index contributed by atoms with van der Waals surface area (Å²) in [5.74, 6) is 8.08. The molecular weight excluding hydrogens is 1720 g/mol. The van der Waals surface area contributed by atoms with Gasteiger partial charge in [0.05, 0.1) is 14.2 Å². The number of ether oxygens (including phenoxy) is 4. The zero-order valence-electron chi connectivity index (χ0n) is 93.8. The minimum Gasteiger partial charge on any atom is -0.497 e. The molecule has 11 rings (SSSR count). The van der Waals surface area contributed by atoms with Gasteiger partial charge in [0.15, 0.2) is 0 Å². The van der Waals surface area contributed by atoms with Crippen molar-refractivity contribution in [1.82, 2.24) is 67.5 Å². The molecule has 0 atom stereocenters. The number of nitrogens with zero attached hydrogens (tertiary/aromatic N) is 4. The average Bonchev–Trinajstić information content (AvgIpc) is 1.69. The van der Waals surface area contributed by atoms with E-state index in [9.17, 15) is 38.4 Å². The number of carbonyl (C=O) groups is 8. The molecule has 25 heteroatoms. The molecular formula is C112H203N13O12. The third-order valence-electron chi connectivity index (χ3n) is 26.1. The first-order chi connectivity index (χ1) is 62.6. The van der Waals surface area contributed by atoms with Crippen LogP contribution in [0, 0.1) is 90.7 Å². The van der Waals surface area contributed by atoms with Gasteiger partial charge in [0.2, 0.25) is 5.91 Å². The monoisotopic (exact) mass is 1920 g/mol. The molecule has 0 spiro atoms.